The van der Waals surface area contributed by atoms with E-state index >= 15 is 0 Å². The maximum Gasteiger partial charge on any atom is 0.242 e. The summed E-state index contributed by atoms with van der Waals surface area (Å²) in [5.74, 6) is 1.71. The third-order valence-electron chi connectivity index (χ3n) is 6.45. The number of likely N-dealkylation sites (tertiary alicyclic amines) is 1. The third kappa shape index (κ3) is 4.53. The Morgan fingerprint density at radius 1 is 1.17 bits per heavy atom. The summed E-state index contributed by atoms with van der Waals surface area (Å²) in [4.78, 5) is 49.6. The fraction of sp³-hybridized carbons (Fsp3) is 0.522. The van der Waals surface area contributed by atoms with Gasteiger partial charge in [0.1, 0.15) is 24.0 Å². The van der Waals surface area contributed by atoms with E-state index in [1.807, 2.05) is 18.4 Å². The predicted molar refractivity (Wildman–Crippen MR) is 127 cm³/mol. The number of aliphatic hydroxyl groups excluding tert-OH is 1. The van der Waals surface area contributed by atoms with Crippen LogP contribution >= 0.6 is 0 Å². The Labute approximate surface area is 202 Å². The molecule has 1 aliphatic carbocycles. The fourth-order valence-corrected chi connectivity index (χ4v) is 4.56. The third-order valence-corrected chi connectivity index (χ3v) is 6.45. The molecule has 3 N–H and O–H groups in total. The van der Waals surface area contributed by atoms with Gasteiger partial charge in [-0.3, -0.25) is 9.59 Å². The van der Waals surface area contributed by atoms with E-state index < -0.39 is 6.04 Å². The van der Waals surface area contributed by atoms with E-state index in [1.165, 1.54) is 6.33 Å². The molecular weight excluding hydrogens is 450 g/mol. The van der Waals surface area contributed by atoms with E-state index in [4.69, 9.17) is 10.1 Å². The van der Waals surface area contributed by atoms with Crippen molar-refractivity contribution in [3.8, 4) is 11.4 Å². The molecule has 3 aromatic heterocycles. The lowest BCUT2D eigenvalue weighted by Crippen LogP contribution is -2.47. The Bertz CT molecular complexity index is 1240. The Balaban J connectivity index is 1.43. The zero-order chi connectivity index (χ0) is 24.5. The largest absolute Gasteiger partial charge is 0.395 e. The van der Waals surface area contributed by atoms with Crippen molar-refractivity contribution in [3.63, 3.8) is 0 Å². The van der Waals surface area contributed by atoms with Gasteiger partial charge in [0, 0.05) is 44.0 Å². The second-order valence-electron chi connectivity index (χ2n) is 8.97. The Kier molecular flexibility index (Phi) is 6.29. The lowest BCUT2D eigenvalue weighted by Gasteiger charge is -2.23. The normalized spacial score (nSPS) is 19.8. The first-order valence-corrected chi connectivity index (χ1v) is 12.0. The molecule has 0 aromatic carbocycles. The first-order valence-electron chi connectivity index (χ1n) is 12.0. The van der Waals surface area contributed by atoms with Crippen molar-refractivity contribution in [1.29, 1.82) is 0 Å². The van der Waals surface area contributed by atoms with E-state index in [0.717, 1.165) is 18.4 Å². The van der Waals surface area contributed by atoms with Gasteiger partial charge in [-0.1, -0.05) is 0 Å². The number of anilines is 1. The molecule has 1 unspecified atom stereocenters. The van der Waals surface area contributed by atoms with Crippen LogP contribution in [-0.2, 0) is 16.1 Å². The monoisotopic (exact) mass is 479 g/mol. The minimum absolute atomic E-state index is 0.00666. The van der Waals surface area contributed by atoms with Crippen LogP contribution in [0.4, 0.5) is 5.82 Å². The molecule has 4 heterocycles. The number of aryl methyl sites for hydroxylation is 2. The summed E-state index contributed by atoms with van der Waals surface area (Å²) in [6, 6.07) is -0.767. The molecule has 2 fully saturated rings. The molecular formula is C23H29N9O3. The average Bonchev–Trinajstić information content (AvgIpc) is 3.52. The number of amides is 2. The van der Waals surface area contributed by atoms with Crippen molar-refractivity contribution < 1.29 is 14.7 Å². The maximum absolute atomic E-state index is 12.9. The fourth-order valence-electron chi connectivity index (χ4n) is 4.56. The van der Waals surface area contributed by atoms with Gasteiger partial charge in [0.05, 0.1) is 12.2 Å². The Morgan fingerprint density at radius 3 is 2.63 bits per heavy atom. The quantitative estimate of drug-likeness (QED) is 0.420. The Morgan fingerprint density at radius 2 is 1.94 bits per heavy atom. The topological polar surface area (TPSA) is 151 Å². The summed E-state index contributed by atoms with van der Waals surface area (Å²) in [5, 5.41) is 15.2. The zero-order valence-corrected chi connectivity index (χ0v) is 19.8. The van der Waals surface area contributed by atoms with E-state index in [2.05, 4.69) is 30.6 Å². The number of fused-ring (bicyclic) bond motifs is 1. The molecule has 2 amide bonds. The van der Waals surface area contributed by atoms with E-state index in [0.29, 0.717) is 48.1 Å². The predicted octanol–water partition coefficient (Wildman–Crippen LogP) is 0.512. The van der Waals surface area contributed by atoms with Gasteiger partial charge >= 0.3 is 0 Å². The van der Waals surface area contributed by atoms with Gasteiger partial charge in [-0.05, 0) is 33.1 Å². The molecule has 3 aromatic rings. The number of imidazole rings is 1. The van der Waals surface area contributed by atoms with Crippen molar-refractivity contribution in [3.05, 3.63) is 24.5 Å². The number of aliphatic hydroxyl groups is 1. The molecule has 35 heavy (non-hydrogen) atoms. The summed E-state index contributed by atoms with van der Waals surface area (Å²) in [6.45, 7) is 4.90. The van der Waals surface area contributed by atoms with Crippen LogP contribution in [0.5, 0.6) is 0 Å². The number of carbonyl (C=O) groups excluding carboxylic acids is 2. The average molecular weight is 480 g/mol. The number of nitrogens with one attached hydrogen (secondary N) is 2. The molecule has 1 saturated heterocycles. The van der Waals surface area contributed by atoms with Gasteiger partial charge in [-0.2, -0.15) is 0 Å². The molecule has 184 valence electrons. The SMILES string of the molecule is CCn1c(-c2cnc(C)nc2)nc2c(NC3C[C@H](C(=O)NCCO)N(C(=O)C4CC4)C3)ncnc21. The van der Waals surface area contributed by atoms with Crippen LogP contribution in [0.1, 0.15) is 32.0 Å². The van der Waals surface area contributed by atoms with Crippen LogP contribution in [0.15, 0.2) is 18.7 Å². The maximum atomic E-state index is 12.9. The van der Waals surface area contributed by atoms with Crippen molar-refractivity contribution in [2.24, 2.45) is 5.92 Å². The summed E-state index contributed by atoms with van der Waals surface area (Å²) in [5.41, 5.74) is 2.07. The number of rotatable bonds is 8. The molecule has 5 rings (SSSR count). The number of hydrogen-bond donors (Lipinski definition) is 3. The number of carbonyl (C=O) groups is 2. The van der Waals surface area contributed by atoms with Gasteiger partial charge in [-0.15, -0.1) is 0 Å². The summed E-state index contributed by atoms with van der Waals surface area (Å²) in [6.07, 6.45) is 7.14. The van der Waals surface area contributed by atoms with Crippen LogP contribution in [-0.4, -0.2) is 83.1 Å². The molecule has 12 heteroatoms. The van der Waals surface area contributed by atoms with Crippen molar-refractivity contribution in [2.45, 2.75) is 51.7 Å². The summed E-state index contributed by atoms with van der Waals surface area (Å²) in [7, 11) is 0. The second kappa shape index (κ2) is 9.53. The van der Waals surface area contributed by atoms with Crippen LogP contribution in [0.3, 0.4) is 0 Å². The van der Waals surface area contributed by atoms with Crippen molar-refractivity contribution in [2.75, 3.05) is 25.0 Å². The zero-order valence-electron chi connectivity index (χ0n) is 19.8. The highest BCUT2D eigenvalue weighted by Gasteiger charge is 2.44. The van der Waals surface area contributed by atoms with Crippen molar-refractivity contribution >= 4 is 28.8 Å². The number of nitrogens with zero attached hydrogens (tertiary/aromatic N) is 7. The van der Waals surface area contributed by atoms with Gasteiger partial charge in [-0.25, -0.2) is 24.9 Å². The highest BCUT2D eigenvalue weighted by molar-refractivity contribution is 5.91. The van der Waals surface area contributed by atoms with E-state index in [9.17, 15) is 9.59 Å². The van der Waals surface area contributed by atoms with Crippen molar-refractivity contribution in [1.82, 2.24) is 39.7 Å². The molecule has 0 bridgehead atoms. The highest BCUT2D eigenvalue weighted by Crippen LogP contribution is 2.35. The smallest absolute Gasteiger partial charge is 0.242 e. The molecule has 1 saturated carbocycles. The first kappa shape index (κ1) is 23.1. The van der Waals surface area contributed by atoms with Gasteiger partial charge in [0.25, 0.3) is 0 Å². The van der Waals surface area contributed by atoms with E-state index in [1.54, 1.807) is 17.3 Å². The van der Waals surface area contributed by atoms with Gasteiger partial charge < -0.3 is 25.2 Å². The lowest BCUT2D eigenvalue weighted by atomic mass is 10.1. The van der Waals surface area contributed by atoms with Gasteiger partial charge in [0.15, 0.2) is 17.0 Å². The molecule has 2 atom stereocenters. The van der Waals surface area contributed by atoms with Gasteiger partial charge in [0.2, 0.25) is 11.8 Å². The second-order valence-corrected chi connectivity index (χ2v) is 8.97. The van der Waals surface area contributed by atoms with E-state index in [-0.39, 0.29) is 36.9 Å². The number of hydrogen-bond acceptors (Lipinski definition) is 9. The summed E-state index contributed by atoms with van der Waals surface area (Å²) < 4.78 is 1.99. The van der Waals surface area contributed by atoms with Crippen LogP contribution in [0.2, 0.25) is 0 Å². The van der Waals surface area contributed by atoms with Crippen LogP contribution in [0, 0.1) is 12.8 Å². The molecule has 2 aliphatic rings. The summed E-state index contributed by atoms with van der Waals surface area (Å²) >= 11 is 0. The molecule has 0 spiro atoms. The highest BCUT2D eigenvalue weighted by atomic mass is 16.3. The Hall–Kier alpha value is -3.67. The minimum atomic E-state index is -0.585. The lowest BCUT2D eigenvalue weighted by molar-refractivity contribution is -0.139. The molecule has 12 nitrogen and oxygen atoms in total. The minimum Gasteiger partial charge on any atom is -0.395 e. The van der Waals surface area contributed by atoms with Crippen LogP contribution in [0.25, 0.3) is 22.6 Å². The standard InChI is InChI=1S/C23H29N9O3/c1-3-31-20(15-9-25-13(2)26-10-15)30-18-19(27-12-28-21(18)31)29-16-8-17(22(34)24-6-7-33)32(11-16)23(35)14-4-5-14/h9-10,12,14,16-17,33H,3-8,11H2,1-2H3,(H,24,34)(H,27,28,29)/t16?,17-/m1/s1. The molecule has 0 radical (unpaired) electrons. The first-order chi connectivity index (χ1) is 17.0. The number of aromatic nitrogens is 6. The van der Waals surface area contributed by atoms with Crippen LogP contribution < -0.4 is 10.6 Å². The molecule has 1 aliphatic heterocycles.